The molecule has 6 nitrogen and oxygen atoms in total. The second kappa shape index (κ2) is 3.44. The maximum absolute atomic E-state index is 11.2. The Kier molecular flexibility index (Phi) is 2.25. The van der Waals surface area contributed by atoms with Gasteiger partial charge >= 0.3 is 0 Å². The normalized spacial score (nSPS) is 11.5. The summed E-state index contributed by atoms with van der Waals surface area (Å²) in [5.74, 6) is 0. The molecule has 3 N–H and O–H groups in total. The van der Waals surface area contributed by atoms with Crippen molar-refractivity contribution < 1.29 is 8.42 Å². The number of aromatic amines is 1. The van der Waals surface area contributed by atoms with Crippen LogP contribution in [-0.4, -0.2) is 23.6 Å². The molecule has 0 saturated heterocycles. The molecule has 2 aromatic rings. The molecule has 0 spiro atoms. The van der Waals surface area contributed by atoms with Crippen LogP contribution in [0.4, 0.5) is 0 Å². The molecule has 78 valence electrons. The number of hydrogen-bond donors (Lipinski definition) is 2. The second-order valence-electron chi connectivity index (χ2n) is 2.89. The number of nitrogens with zero attached hydrogens (tertiary/aromatic N) is 2. The molecule has 0 fully saturated rings. The zero-order valence-electron chi connectivity index (χ0n) is 7.58. The third kappa shape index (κ3) is 1.88. The van der Waals surface area contributed by atoms with Crippen LogP contribution in [-0.2, 0) is 10.0 Å². The number of H-pyrrole nitrogens is 1. The first-order valence-electron chi connectivity index (χ1n) is 4.05. The lowest BCUT2D eigenvalue weighted by Crippen LogP contribution is -2.12. The van der Waals surface area contributed by atoms with Crippen molar-refractivity contribution in [2.45, 2.75) is 4.90 Å². The van der Waals surface area contributed by atoms with E-state index in [0.717, 1.165) is 0 Å². The van der Waals surface area contributed by atoms with Gasteiger partial charge in [-0.15, -0.1) is 0 Å². The van der Waals surface area contributed by atoms with Crippen molar-refractivity contribution in [2.24, 2.45) is 5.14 Å². The maximum atomic E-state index is 11.2. The molecule has 0 amide bonds. The number of aromatic nitrogens is 3. The molecule has 2 heterocycles. The minimum Gasteiger partial charge on any atom is -0.276 e. The molecule has 0 atom stereocenters. The van der Waals surface area contributed by atoms with E-state index >= 15 is 0 Å². The summed E-state index contributed by atoms with van der Waals surface area (Å²) in [7, 11) is -3.75. The lowest BCUT2D eigenvalue weighted by atomic mass is 10.2. The van der Waals surface area contributed by atoms with Crippen LogP contribution in [0.15, 0.2) is 35.6 Å². The van der Waals surface area contributed by atoms with E-state index in [4.69, 9.17) is 5.14 Å². The molecule has 0 aliphatic rings. The Morgan fingerprint density at radius 1 is 1.27 bits per heavy atom. The first-order chi connectivity index (χ1) is 7.09. The Hall–Kier alpha value is -1.73. The molecule has 15 heavy (non-hydrogen) atoms. The summed E-state index contributed by atoms with van der Waals surface area (Å²) in [6, 6.07) is 3.34. The summed E-state index contributed by atoms with van der Waals surface area (Å²) >= 11 is 0. The van der Waals surface area contributed by atoms with Crippen molar-refractivity contribution in [3.05, 3.63) is 30.7 Å². The summed E-state index contributed by atoms with van der Waals surface area (Å²) in [5.41, 5.74) is 1.05. The molecule has 0 unspecified atom stereocenters. The molecular formula is C8H8N4O2S. The van der Waals surface area contributed by atoms with Crippen LogP contribution < -0.4 is 5.14 Å². The topological polar surface area (TPSA) is 102 Å². The Labute approximate surface area is 86.2 Å². The summed E-state index contributed by atoms with van der Waals surface area (Å²) < 4.78 is 22.4. The molecule has 0 aliphatic carbocycles. The van der Waals surface area contributed by atoms with Gasteiger partial charge in [0.05, 0.1) is 11.9 Å². The zero-order valence-corrected chi connectivity index (χ0v) is 8.40. The lowest BCUT2D eigenvalue weighted by Gasteiger charge is -1.99. The van der Waals surface area contributed by atoms with Crippen LogP contribution in [0.3, 0.4) is 0 Å². The van der Waals surface area contributed by atoms with Gasteiger partial charge in [-0.25, -0.2) is 13.6 Å². The maximum Gasteiger partial charge on any atom is 0.241 e. The summed E-state index contributed by atoms with van der Waals surface area (Å²) in [5, 5.41) is 11.3. The van der Waals surface area contributed by atoms with Gasteiger partial charge in [-0.1, -0.05) is 0 Å². The highest BCUT2D eigenvalue weighted by Gasteiger charge is 2.16. The van der Waals surface area contributed by atoms with Crippen LogP contribution >= 0.6 is 0 Å². The Morgan fingerprint density at radius 3 is 2.53 bits per heavy atom. The summed E-state index contributed by atoms with van der Waals surface area (Å²) in [6.45, 7) is 0. The predicted molar refractivity (Wildman–Crippen MR) is 53.2 cm³/mol. The Morgan fingerprint density at radius 2 is 1.93 bits per heavy atom. The molecule has 0 aromatic carbocycles. The first kappa shape index (κ1) is 9.81. The van der Waals surface area contributed by atoms with Gasteiger partial charge in [0.15, 0.2) is 0 Å². The van der Waals surface area contributed by atoms with Crippen molar-refractivity contribution in [1.29, 1.82) is 0 Å². The number of nitrogens with one attached hydrogen (secondary N) is 1. The van der Waals surface area contributed by atoms with Crippen molar-refractivity contribution in [1.82, 2.24) is 15.2 Å². The molecule has 0 bridgehead atoms. The lowest BCUT2D eigenvalue weighted by molar-refractivity contribution is 0.598. The van der Waals surface area contributed by atoms with Gasteiger partial charge in [-0.2, -0.15) is 5.10 Å². The zero-order chi connectivity index (χ0) is 10.9. The standard InChI is InChI=1S/C8H8N4O2S/c9-15(13,14)7-5-11-12-8(7)6-1-3-10-4-2-6/h1-5H,(H,11,12)(H2,9,13,14). The van der Waals surface area contributed by atoms with Gasteiger partial charge in [-0.3, -0.25) is 10.1 Å². The summed E-state index contributed by atoms with van der Waals surface area (Å²) in [6.07, 6.45) is 4.30. The minimum atomic E-state index is -3.75. The van der Waals surface area contributed by atoms with E-state index in [9.17, 15) is 8.42 Å². The SMILES string of the molecule is NS(=O)(=O)c1cn[nH]c1-c1ccncc1. The van der Waals surface area contributed by atoms with E-state index in [1.54, 1.807) is 24.5 Å². The number of sulfonamides is 1. The third-order valence-electron chi connectivity index (χ3n) is 1.88. The fraction of sp³-hybridized carbons (Fsp3) is 0. The predicted octanol–water partition coefficient (Wildman–Crippen LogP) is 0.119. The summed E-state index contributed by atoms with van der Waals surface area (Å²) in [4.78, 5) is 3.81. The first-order valence-corrected chi connectivity index (χ1v) is 5.60. The van der Waals surface area contributed by atoms with Crippen molar-refractivity contribution in [2.75, 3.05) is 0 Å². The molecule has 7 heteroatoms. The van der Waals surface area contributed by atoms with E-state index in [-0.39, 0.29) is 4.90 Å². The van der Waals surface area contributed by atoms with E-state index in [1.807, 2.05) is 0 Å². The van der Waals surface area contributed by atoms with Gasteiger partial charge in [0.2, 0.25) is 10.0 Å². The highest BCUT2D eigenvalue weighted by Crippen LogP contribution is 2.22. The van der Waals surface area contributed by atoms with Crippen LogP contribution in [0.1, 0.15) is 0 Å². The molecule has 0 saturated carbocycles. The molecule has 2 rings (SSSR count). The highest BCUT2D eigenvalue weighted by molar-refractivity contribution is 7.89. The fourth-order valence-corrected chi connectivity index (χ4v) is 1.86. The van der Waals surface area contributed by atoms with E-state index in [2.05, 4.69) is 15.2 Å². The Balaban J connectivity index is 2.61. The van der Waals surface area contributed by atoms with Gasteiger partial charge in [-0.05, 0) is 12.1 Å². The smallest absolute Gasteiger partial charge is 0.241 e. The largest absolute Gasteiger partial charge is 0.276 e. The van der Waals surface area contributed by atoms with Crippen molar-refractivity contribution in [3.63, 3.8) is 0 Å². The average Bonchev–Trinajstić information content (AvgIpc) is 2.67. The fourth-order valence-electron chi connectivity index (χ4n) is 1.22. The number of nitrogens with two attached hydrogens (primary N) is 1. The van der Waals surface area contributed by atoms with Gasteiger partial charge in [0, 0.05) is 18.0 Å². The van der Waals surface area contributed by atoms with Gasteiger partial charge in [0.25, 0.3) is 0 Å². The Bertz CT molecular complexity index is 561. The average molecular weight is 224 g/mol. The quantitative estimate of drug-likeness (QED) is 0.756. The van der Waals surface area contributed by atoms with E-state index < -0.39 is 10.0 Å². The molecule has 0 radical (unpaired) electrons. The van der Waals surface area contributed by atoms with Crippen molar-refractivity contribution >= 4 is 10.0 Å². The number of primary sulfonamides is 1. The number of rotatable bonds is 2. The number of hydrogen-bond acceptors (Lipinski definition) is 4. The van der Waals surface area contributed by atoms with Gasteiger partial charge < -0.3 is 0 Å². The van der Waals surface area contributed by atoms with E-state index in [1.165, 1.54) is 6.20 Å². The number of pyridine rings is 1. The van der Waals surface area contributed by atoms with Crippen LogP contribution in [0, 0.1) is 0 Å². The van der Waals surface area contributed by atoms with Gasteiger partial charge in [0.1, 0.15) is 4.90 Å². The van der Waals surface area contributed by atoms with Crippen molar-refractivity contribution in [3.8, 4) is 11.3 Å². The van der Waals surface area contributed by atoms with Crippen LogP contribution in [0.5, 0.6) is 0 Å². The molecular weight excluding hydrogens is 216 g/mol. The third-order valence-corrected chi connectivity index (χ3v) is 2.80. The monoisotopic (exact) mass is 224 g/mol. The highest BCUT2D eigenvalue weighted by atomic mass is 32.2. The minimum absolute atomic E-state index is 0.0197. The van der Waals surface area contributed by atoms with E-state index in [0.29, 0.717) is 11.3 Å². The van der Waals surface area contributed by atoms with Crippen LogP contribution in [0.25, 0.3) is 11.3 Å². The molecule has 0 aliphatic heterocycles. The second-order valence-corrected chi connectivity index (χ2v) is 4.42. The van der Waals surface area contributed by atoms with Crippen LogP contribution in [0.2, 0.25) is 0 Å². The molecule has 2 aromatic heterocycles.